The predicted molar refractivity (Wildman–Crippen MR) is 70.9 cm³/mol. The molecule has 0 heterocycles. The Labute approximate surface area is 104 Å². The van der Waals surface area contributed by atoms with Gasteiger partial charge in [-0.1, -0.05) is 43.2 Å². The van der Waals surface area contributed by atoms with Crippen molar-refractivity contribution in [3.05, 3.63) is 35.9 Å². The van der Waals surface area contributed by atoms with Crippen LogP contribution in [-0.4, -0.2) is 19.7 Å². The van der Waals surface area contributed by atoms with Gasteiger partial charge in [-0.25, -0.2) is 0 Å². The van der Waals surface area contributed by atoms with Gasteiger partial charge in [-0.3, -0.25) is 0 Å². The van der Waals surface area contributed by atoms with Crippen LogP contribution in [0.3, 0.4) is 0 Å². The molecule has 0 saturated heterocycles. The number of hydrogen-bond acceptors (Lipinski definition) is 2. The van der Waals surface area contributed by atoms with Crippen molar-refractivity contribution in [2.45, 2.75) is 38.3 Å². The highest BCUT2D eigenvalue weighted by atomic mass is 16.5. The van der Waals surface area contributed by atoms with Crippen molar-refractivity contribution >= 4 is 0 Å². The molecule has 0 bridgehead atoms. The summed E-state index contributed by atoms with van der Waals surface area (Å²) in [5.41, 5.74) is 1.25. The van der Waals surface area contributed by atoms with Gasteiger partial charge in [0.15, 0.2) is 0 Å². The normalized spacial score (nSPS) is 17.0. The van der Waals surface area contributed by atoms with Gasteiger partial charge in [0.05, 0.1) is 13.2 Å². The first-order valence-corrected chi connectivity index (χ1v) is 6.67. The van der Waals surface area contributed by atoms with E-state index in [0.29, 0.717) is 6.04 Å². The van der Waals surface area contributed by atoms with E-state index in [1.165, 1.54) is 31.2 Å². The minimum Gasteiger partial charge on any atom is -0.375 e. The van der Waals surface area contributed by atoms with Crippen molar-refractivity contribution < 1.29 is 4.74 Å². The fourth-order valence-corrected chi connectivity index (χ4v) is 2.05. The van der Waals surface area contributed by atoms with E-state index in [4.69, 9.17) is 4.74 Å². The molecule has 2 nitrogen and oxygen atoms in total. The quantitative estimate of drug-likeness (QED) is 0.745. The second kappa shape index (κ2) is 6.77. The lowest BCUT2D eigenvalue weighted by Gasteiger charge is -2.16. The highest BCUT2D eigenvalue weighted by molar-refractivity contribution is 5.13. The number of benzene rings is 1. The van der Waals surface area contributed by atoms with Crippen LogP contribution in [0.4, 0.5) is 0 Å². The lowest BCUT2D eigenvalue weighted by atomic mass is 10.1. The molecule has 1 aromatic carbocycles. The van der Waals surface area contributed by atoms with Gasteiger partial charge >= 0.3 is 0 Å². The second-order valence-electron chi connectivity index (χ2n) is 5.01. The topological polar surface area (TPSA) is 21.3 Å². The molecule has 0 amide bonds. The zero-order valence-corrected chi connectivity index (χ0v) is 10.7. The Morgan fingerprint density at radius 1 is 1.29 bits per heavy atom. The summed E-state index contributed by atoms with van der Waals surface area (Å²) in [6, 6.07) is 10.9. The Hall–Kier alpha value is -0.860. The second-order valence-corrected chi connectivity index (χ2v) is 5.01. The van der Waals surface area contributed by atoms with E-state index in [1.807, 2.05) is 13.1 Å². The maximum atomic E-state index is 5.76. The lowest BCUT2D eigenvalue weighted by Crippen LogP contribution is -2.30. The zero-order valence-electron chi connectivity index (χ0n) is 10.7. The van der Waals surface area contributed by atoms with Crippen LogP contribution in [0, 0.1) is 5.92 Å². The minimum atomic E-state index is 0.513. The van der Waals surface area contributed by atoms with E-state index < -0.39 is 0 Å². The molecule has 2 rings (SSSR count). The molecule has 1 fully saturated rings. The van der Waals surface area contributed by atoms with Crippen LogP contribution in [0.15, 0.2) is 30.3 Å². The predicted octanol–water partition coefficient (Wildman–Crippen LogP) is 2.98. The number of nitrogens with one attached hydrogen (secondary N) is 1. The fourth-order valence-electron chi connectivity index (χ4n) is 2.05. The molecular formula is C15H23NO. The smallest absolute Gasteiger partial charge is 0.0717 e. The van der Waals surface area contributed by atoms with Crippen LogP contribution < -0.4 is 5.32 Å². The minimum absolute atomic E-state index is 0.513. The molecule has 2 heteroatoms. The number of rotatable bonds is 8. The van der Waals surface area contributed by atoms with Gasteiger partial charge in [0, 0.05) is 6.04 Å². The molecule has 1 aromatic rings. The van der Waals surface area contributed by atoms with Crippen LogP contribution in [0.1, 0.15) is 31.2 Å². The van der Waals surface area contributed by atoms with Gasteiger partial charge in [-0.05, 0) is 31.4 Å². The monoisotopic (exact) mass is 233 g/mol. The van der Waals surface area contributed by atoms with E-state index in [9.17, 15) is 0 Å². The molecule has 0 radical (unpaired) electrons. The first kappa shape index (κ1) is 12.6. The molecule has 1 unspecified atom stereocenters. The first-order valence-electron chi connectivity index (χ1n) is 6.67. The molecule has 1 N–H and O–H groups in total. The largest absolute Gasteiger partial charge is 0.375 e. The number of likely N-dealkylation sites (N-methyl/N-ethyl adjacent to an activating group) is 1. The summed E-state index contributed by atoms with van der Waals surface area (Å²) >= 11 is 0. The van der Waals surface area contributed by atoms with Gasteiger partial charge in [0.1, 0.15) is 0 Å². The van der Waals surface area contributed by atoms with Gasteiger partial charge < -0.3 is 10.1 Å². The molecule has 0 aromatic heterocycles. The van der Waals surface area contributed by atoms with Crippen LogP contribution in [0.25, 0.3) is 0 Å². The lowest BCUT2D eigenvalue weighted by molar-refractivity contribution is 0.0974. The van der Waals surface area contributed by atoms with Gasteiger partial charge in [0.2, 0.25) is 0 Å². The van der Waals surface area contributed by atoms with Crippen molar-refractivity contribution in [3.8, 4) is 0 Å². The third-order valence-corrected chi connectivity index (χ3v) is 3.46. The number of ether oxygens (including phenoxy) is 1. The van der Waals surface area contributed by atoms with Crippen molar-refractivity contribution in [1.82, 2.24) is 5.32 Å². The third-order valence-electron chi connectivity index (χ3n) is 3.46. The van der Waals surface area contributed by atoms with E-state index in [1.54, 1.807) is 0 Å². The molecule has 1 aliphatic carbocycles. The van der Waals surface area contributed by atoms with Gasteiger partial charge in [-0.2, -0.15) is 0 Å². The summed E-state index contributed by atoms with van der Waals surface area (Å²) in [5, 5.41) is 3.35. The Kier molecular flexibility index (Phi) is 5.02. The Morgan fingerprint density at radius 3 is 2.71 bits per heavy atom. The highest BCUT2D eigenvalue weighted by Crippen LogP contribution is 2.33. The summed E-state index contributed by atoms with van der Waals surface area (Å²) in [6.45, 7) is 1.54. The third kappa shape index (κ3) is 4.88. The van der Waals surface area contributed by atoms with Gasteiger partial charge in [-0.15, -0.1) is 0 Å². The van der Waals surface area contributed by atoms with Crippen molar-refractivity contribution in [2.24, 2.45) is 5.92 Å². The first-order chi connectivity index (χ1) is 8.38. The van der Waals surface area contributed by atoms with Crippen LogP contribution in [0.2, 0.25) is 0 Å². The molecule has 0 spiro atoms. The molecule has 1 atom stereocenters. The van der Waals surface area contributed by atoms with Crippen LogP contribution in [0.5, 0.6) is 0 Å². The molecule has 17 heavy (non-hydrogen) atoms. The summed E-state index contributed by atoms with van der Waals surface area (Å²) in [5.74, 6) is 1.01. The molecular weight excluding hydrogens is 210 g/mol. The summed E-state index contributed by atoms with van der Waals surface area (Å²) in [6.07, 6.45) is 5.50. The summed E-state index contributed by atoms with van der Waals surface area (Å²) in [7, 11) is 2.03. The standard InChI is InChI=1S/C15H23NO/c1-16-15(10-9-13-7-8-13)12-17-11-14-5-3-2-4-6-14/h2-6,13,15-16H,7-12H2,1H3. The van der Waals surface area contributed by atoms with Crippen molar-refractivity contribution in [2.75, 3.05) is 13.7 Å². The van der Waals surface area contributed by atoms with Crippen molar-refractivity contribution in [3.63, 3.8) is 0 Å². The fraction of sp³-hybridized carbons (Fsp3) is 0.600. The average molecular weight is 233 g/mol. The SMILES string of the molecule is CNC(CCC1CC1)COCc1ccccc1. The van der Waals surface area contributed by atoms with E-state index in [-0.39, 0.29) is 0 Å². The molecule has 94 valence electrons. The maximum Gasteiger partial charge on any atom is 0.0717 e. The van der Waals surface area contributed by atoms with E-state index >= 15 is 0 Å². The van der Waals surface area contributed by atoms with E-state index in [0.717, 1.165) is 19.1 Å². The van der Waals surface area contributed by atoms with Crippen LogP contribution >= 0.6 is 0 Å². The Balaban J connectivity index is 1.61. The van der Waals surface area contributed by atoms with Crippen LogP contribution in [-0.2, 0) is 11.3 Å². The van der Waals surface area contributed by atoms with E-state index in [2.05, 4.69) is 29.6 Å². The Bertz CT molecular complexity index is 308. The van der Waals surface area contributed by atoms with Crippen molar-refractivity contribution in [1.29, 1.82) is 0 Å². The zero-order chi connectivity index (χ0) is 11.9. The summed E-state index contributed by atoms with van der Waals surface area (Å²) in [4.78, 5) is 0. The summed E-state index contributed by atoms with van der Waals surface area (Å²) < 4.78 is 5.76. The molecule has 1 saturated carbocycles. The maximum absolute atomic E-state index is 5.76. The van der Waals surface area contributed by atoms with Gasteiger partial charge in [0.25, 0.3) is 0 Å². The molecule has 1 aliphatic rings. The average Bonchev–Trinajstić information content (AvgIpc) is 3.19. The highest BCUT2D eigenvalue weighted by Gasteiger charge is 2.22. The Morgan fingerprint density at radius 2 is 2.06 bits per heavy atom. The number of hydrogen-bond donors (Lipinski definition) is 1. The molecule has 0 aliphatic heterocycles.